The highest BCUT2D eigenvalue weighted by Gasteiger charge is 2.11. The molecule has 8 heteroatoms. The fourth-order valence-electron chi connectivity index (χ4n) is 2.03. The molecular weight excluding hydrogens is 332 g/mol. The zero-order valence-electron chi connectivity index (χ0n) is 13.4. The van der Waals surface area contributed by atoms with E-state index >= 15 is 0 Å². The van der Waals surface area contributed by atoms with E-state index in [4.69, 9.17) is 14.6 Å². The molecule has 0 radical (unpaired) electrons. The van der Waals surface area contributed by atoms with Gasteiger partial charge in [0.15, 0.2) is 11.5 Å². The first-order valence-corrected chi connectivity index (χ1v) is 8.06. The number of ether oxygens (including phenoxy) is 2. The highest BCUT2D eigenvalue weighted by atomic mass is 32.1. The number of hydrogen-bond acceptors (Lipinski definition) is 6. The number of carbonyl (C=O) groups excluding carboxylic acids is 1. The molecule has 0 unspecified atom stereocenters. The Morgan fingerprint density at radius 1 is 1.25 bits per heavy atom. The lowest BCUT2D eigenvalue weighted by Gasteiger charge is -2.08. The van der Waals surface area contributed by atoms with E-state index in [9.17, 15) is 9.59 Å². The number of hydrogen-bond donors (Lipinski definition) is 2. The fourth-order valence-corrected chi connectivity index (χ4v) is 2.84. The molecule has 1 amide bonds. The van der Waals surface area contributed by atoms with E-state index in [1.807, 2.05) is 17.5 Å². The van der Waals surface area contributed by atoms with Gasteiger partial charge < -0.3 is 19.9 Å². The Bertz CT molecular complexity index is 729. The minimum Gasteiger partial charge on any atom is -0.493 e. The van der Waals surface area contributed by atoms with Gasteiger partial charge in [-0.25, -0.2) is 4.98 Å². The molecule has 0 bridgehead atoms. The van der Waals surface area contributed by atoms with Crippen LogP contribution in [0.2, 0.25) is 0 Å². The van der Waals surface area contributed by atoms with Crippen molar-refractivity contribution < 1.29 is 24.2 Å². The molecule has 0 aliphatic heterocycles. The van der Waals surface area contributed by atoms with Gasteiger partial charge in [0.05, 0.1) is 32.8 Å². The molecule has 1 aromatic heterocycles. The number of rotatable bonds is 8. The summed E-state index contributed by atoms with van der Waals surface area (Å²) >= 11 is 1.42. The summed E-state index contributed by atoms with van der Waals surface area (Å²) in [7, 11) is 3.14. The van der Waals surface area contributed by atoms with Crippen LogP contribution in [-0.4, -0.2) is 42.7 Å². The molecule has 1 aromatic carbocycles. The molecule has 0 saturated heterocycles. The summed E-state index contributed by atoms with van der Waals surface area (Å²) in [5.41, 5.74) is 1.51. The van der Waals surface area contributed by atoms with Gasteiger partial charge in [-0.3, -0.25) is 9.59 Å². The van der Waals surface area contributed by atoms with Crippen molar-refractivity contribution in [3.05, 3.63) is 29.3 Å². The maximum atomic E-state index is 11.7. The van der Waals surface area contributed by atoms with Gasteiger partial charge in [0, 0.05) is 17.5 Å². The van der Waals surface area contributed by atoms with Crippen LogP contribution in [0.3, 0.4) is 0 Å². The molecule has 0 spiro atoms. The van der Waals surface area contributed by atoms with Crippen molar-refractivity contribution in [3.63, 3.8) is 0 Å². The third-order valence-corrected chi connectivity index (χ3v) is 4.13. The van der Waals surface area contributed by atoms with Crippen LogP contribution in [0.5, 0.6) is 11.5 Å². The number of benzene rings is 1. The molecule has 2 rings (SSSR count). The lowest BCUT2D eigenvalue weighted by Crippen LogP contribution is -2.27. The van der Waals surface area contributed by atoms with E-state index in [1.165, 1.54) is 11.3 Å². The minimum atomic E-state index is -0.945. The Morgan fingerprint density at radius 2 is 2.00 bits per heavy atom. The monoisotopic (exact) mass is 350 g/mol. The second kappa shape index (κ2) is 8.30. The van der Waals surface area contributed by atoms with Gasteiger partial charge >= 0.3 is 5.97 Å². The van der Waals surface area contributed by atoms with Gasteiger partial charge in [0.1, 0.15) is 5.01 Å². The molecule has 2 aromatic rings. The smallest absolute Gasteiger partial charge is 0.305 e. The maximum absolute atomic E-state index is 11.7. The Labute approximate surface area is 143 Å². The van der Waals surface area contributed by atoms with Gasteiger partial charge in [-0.05, 0) is 18.2 Å². The van der Waals surface area contributed by atoms with Crippen LogP contribution in [-0.2, 0) is 16.0 Å². The van der Waals surface area contributed by atoms with Gasteiger partial charge in [-0.1, -0.05) is 0 Å². The Kier molecular flexibility index (Phi) is 6.14. The number of amides is 1. The summed E-state index contributed by atoms with van der Waals surface area (Å²) in [6.45, 7) is 0.112. The SMILES string of the molecule is COc1ccc(-c2nc(CC(=O)NCCC(=O)O)cs2)cc1OC. The second-order valence-electron chi connectivity index (χ2n) is 4.88. The molecule has 0 saturated carbocycles. The van der Waals surface area contributed by atoms with E-state index < -0.39 is 5.97 Å². The summed E-state index contributed by atoms with van der Waals surface area (Å²) in [6, 6.07) is 5.50. The molecule has 0 atom stereocenters. The number of carboxylic acid groups (broad SMARTS) is 1. The molecule has 2 N–H and O–H groups in total. The van der Waals surface area contributed by atoms with Crippen molar-refractivity contribution in [1.82, 2.24) is 10.3 Å². The number of nitrogens with zero attached hydrogens (tertiary/aromatic N) is 1. The molecule has 0 aliphatic rings. The second-order valence-corrected chi connectivity index (χ2v) is 5.74. The molecule has 1 heterocycles. The number of nitrogens with one attached hydrogen (secondary N) is 1. The predicted molar refractivity (Wildman–Crippen MR) is 89.6 cm³/mol. The van der Waals surface area contributed by atoms with Crippen molar-refractivity contribution in [2.75, 3.05) is 20.8 Å². The first kappa shape index (κ1) is 17.7. The summed E-state index contributed by atoms with van der Waals surface area (Å²) in [6.07, 6.45) is 0.0170. The largest absolute Gasteiger partial charge is 0.493 e. The number of thiazole rings is 1. The van der Waals surface area contributed by atoms with Crippen molar-refractivity contribution in [2.24, 2.45) is 0 Å². The van der Waals surface area contributed by atoms with E-state index in [2.05, 4.69) is 10.3 Å². The number of aromatic nitrogens is 1. The average Bonchev–Trinajstić information content (AvgIpc) is 3.02. The number of carbonyl (C=O) groups is 2. The predicted octanol–water partition coefficient (Wildman–Crippen LogP) is 1.96. The Morgan fingerprint density at radius 3 is 2.67 bits per heavy atom. The molecule has 0 aliphatic carbocycles. The van der Waals surface area contributed by atoms with Crippen LogP contribution in [0.15, 0.2) is 23.6 Å². The summed E-state index contributed by atoms with van der Waals surface area (Å²) in [4.78, 5) is 26.6. The van der Waals surface area contributed by atoms with E-state index in [0.717, 1.165) is 10.6 Å². The van der Waals surface area contributed by atoms with Gasteiger partial charge in [-0.15, -0.1) is 11.3 Å². The van der Waals surface area contributed by atoms with E-state index in [0.29, 0.717) is 17.2 Å². The number of carboxylic acids is 1. The third kappa shape index (κ3) is 4.69. The molecule has 24 heavy (non-hydrogen) atoms. The third-order valence-electron chi connectivity index (χ3n) is 3.18. The van der Waals surface area contributed by atoms with Crippen LogP contribution in [0, 0.1) is 0 Å². The van der Waals surface area contributed by atoms with Crippen molar-refractivity contribution in [2.45, 2.75) is 12.8 Å². The molecule has 0 fully saturated rings. The summed E-state index contributed by atoms with van der Waals surface area (Å²) < 4.78 is 10.5. The van der Waals surface area contributed by atoms with Crippen LogP contribution < -0.4 is 14.8 Å². The van der Waals surface area contributed by atoms with Crippen molar-refractivity contribution in [3.8, 4) is 22.1 Å². The normalized spacial score (nSPS) is 10.2. The average molecular weight is 350 g/mol. The first-order chi connectivity index (χ1) is 11.5. The van der Waals surface area contributed by atoms with Crippen LogP contribution in [0.25, 0.3) is 10.6 Å². The Balaban J connectivity index is 2.02. The molecule has 128 valence electrons. The minimum absolute atomic E-state index is 0.0975. The van der Waals surface area contributed by atoms with E-state index in [-0.39, 0.29) is 25.3 Å². The molecule has 7 nitrogen and oxygen atoms in total. The van der Waals surface area contributed by atoms with Crippen LogP contribution in [0.1, 0.15) is 12.1 Å². The Hall–Kier alpha value is -2.61. The van der Waals surface area contributed by atoms with Crippen molar-refractivity contribution >= 4 is 23.2 Å². The maximum Gasteiger partial charge on any atom is 0.305 e. The zero-order chi connectivity index (χ0) is 17.5. The quantitative estimate of drug-likeness (QED) is 0.755. The molecular formula is C16H18N2O5S. The highest BCUT2D eigenvalue weighted by Crippen LogP contribution is 2.33. The summed E-state index contributed by atoms with van der Waals surface area (Å²) in [5.74, 6) is 0.0501. The zero-order valence-corrected chi connectivity index (χ0v) is 14.2. The van der Waals surface area contributed by atoms with Gasteiger partial charge in [0.2, 0.25) is 5.91 Å². The summed E-state index contributed by atoms with van der Waals surface area (Å²) in [5, 5.41) is 13.7. The number of methoxy groups -OCH3 is 2. The highest BCUT2D eigenvalue weighted by molar-refractivity contribution is 7.13. The standard InChI is InChI=1S/C16H18N2O5S/c1-22-12-4-3-10(7-13(12)23-2)16-18-11(9-24-16)8-14(19)17-6-5-15(20)21/h3-4,7,9H,5-6,8H2,1-2H3,(H,17,19)(H,20,21). The van der Waals surface area contributed by atoms with Crippen LogP contribution in [0.4, 0.5) is 0 Å². The van der Waals surface area contributed by atoms with Gasteiger partial charge in [-0.2, -0.15) is 0 Å². The lowest BCUT2D eigenvalue weighted by atomic mass is 10.2. The van der Waals surface area contributed by atoms with Crippen LogP contribution >= 0.6 is 11.3 Å². The van der Waals surface area contributed by atoms with Gasteiger partial charge in [0.25, 0.3) is 0 Å². The number of aliphatic carboxylic acids is 1. The van der Waals surface area contributed by atoms with E-state index in [1.54, 1.807) is 20.3 Å². The first-order valence-electron chi connectivity index (χ1n) is 7.18. The van der Waals surface area contributed by atoms with Crippen molar-refractivity contribution in [1.29, 1.82) is 0 Å². The fraction of sp³-hybridized carbons (Fsp3) is 0.312. The lowest BCUT2D eigenvalue weighted by molar-refractivity contribution is -0.136. The topological polar surface area (TPSA) is 97.8 Å².